The Morgan fingerprint density at radius 2 is 2.04 bits per heavy atom. The highest BCUT2D eigenvalue weighted by molar-refractivity contribution is 6.32. The molecule has 2 aromatic carbocycles. The lowest BCUT2D eigenvalue weighted by molar-refractivity contribution is 0.0506. The molecule has 1 aliphatic heterocycles. The van der Waals surface area contributed by atoms with E-state index in [0.29, 0.717) is 33.3 Å². The van der Waals surface area contributed by atoms with Gasteiger partial charge in [0.1, 0.15) is 23.3 Å². The molecule has 0 saturated carbocycles. The van der Waals surface area contributed by atoms with Crippen molar-refractivity contribution in [1.82, 2.24) is 5.32 Å². The largest absolute Gasteiger partial charge is 0.486 e. The number of amides is 1. The van der Waals surface area contributed by atoms with Gasteiger partial charge in [-0.25, -0.2) is 9.18 Å². The van der Waals surface area contributed by atoms with E-state index in [1.807, 2.05) is 6.07 Å². The standard InChI is InChI=1S/C20H20Cl2FNO3/c1-20(2,3)27-19(25)24-10-14-7-12-6-11(8-16(22)18(12)26-14)15-5-4-13(21)9-17(15)23/h4-6,8-9,14H,7,10H2,1-3H3,(H,24,25). The van der Waals surface area contributed by atoms with Crippen LogP contribution in [-0.4, -0.2) is 24.3 Å². The van der Waals surface area contributed by atoms with Crippen molar-refractivity contribution in [3.05, 3.63) is 51.8 Å². The van der Waals surface area contributed by atoms with Crippen LogP contribution in [0.3, 0.4) is 0 Å². The van der Waals surface area contributed by atoms with Gasteiger partial charge in [0.25, 0.3) is 0 Å². The first-order valence-corrected chi connectivity index (χ1v) is 9.29. The van der Waals surface area contributed by atoms with Crippen LogP contribution in [0.25, 0.3) is 11.1 Å². The second-order valence-electron chi connectivity index (χ2n) is 7.40. The molecule has 1 unspecified atom stereocenters. The fourth-order valence-electron chi connectivity index (χ4n) is 2.89. The maximum Gasteiger partial charge on any atom is 0.407 e. The number of carbonyl (C=O) groups is 1. The number of nitrogens with one attached hydrogen (secondary N) is 1. The summed E-state index contributed by atoms with van der Waals surface area (Å²) in [6, 6.07) is 8.03. The van der Waals surface area contributed by atoms with Crippen LogP contribution in [0.5, 0.6) is 5.75 Å². The molecular formula is C20H20Cl2FNO3. The fraction of sp³-hybridized carbons (Fsp3) is 0.350. The molecule has 2 aromatic rings. The minimum absolute atomic E-state index is 0.268. The molecule has 1 atom stereocenters. The number of benzene rings is 2. The van der Waals surface area contributed by atoms with E-state index < -0.39 is 17.5 Å². The second-order valence-corrected chi connectivity index (χ2v) is 8.24. The lowest BCUT2D eigenvalue weighted by Crippen LogP contribution is -2.38. The maximum absolute atomic E-state index is 14.2. The van der Waals surface area contributed by atoms with E-state index in [9.17, 15) is 9.18 Å². The van der Waals surface area contributed by atoms with Crippen LogP contribution in [0.4, 0.5) is 9.18 Å². The Bertz CT molecular complexity index is 880. The first-order valence-electron chi connectivity index (χ1n) is 8.54. The van der Waals surface area contributed by atoms with E-state index >= 15 is 0 Å². The van der Waals surface area contributed by atoms with Crippen molar-refractivity contribution in [3.8, 4) is 16.9 Å². The Kier molecular flexibility index (Phi) is 5.54. The number of hydrogen-bond acceptors (Lipinski definition) is 3. The van der Waals surface area contributed by atoms with Gasteiger partial charge in [-0.15, -0.1) is 0 Å². The molecule has 0 fully saturated rings. The van der Waals surface area contributed by atoms with Crippen LogP contribution in [0.2, 0.25) is 10.0 Å². The Morgan fingerprint density at radius 1 is 1.30 bits per heavy atom. The summed E-state index contributed by atoms with van der Waals surface area (Å²) in [7, 11) is 0. The van der Waals surface area contributed by atoms with E-state index in [0.717, 1.165) is 5.56 Å². The van der Waals surface area contributed by atoms with E-state index in [1.165, 1.54) is 6.07 Å². The SMILES string of the molecule is CC(C)(C)OC(=O)NCC1Cc2cc(-c3ccc(Cl)cc3F)cc(Cl)c2O1. The molecule has 1 aliphatic rings. The van der Waals surface area contributed by atoms with Crippen molar-refractivity contribution >= 4 is 29.3 Å². The monoisotopic (exact) mass is 411 g/mol. The van der Waals surface area contributed by atoms with E-state index in [4.69, 9.17) is 32.7 Å². The van der Waals surface area contributed by atoms with Crippen LogP contribution in [0, 0.1) is 5.82 Å². The van der Waals surface area contributed by atoms with Crippen LogP contribution < -0.4 is 10.1 Å². The Labute approximate surface area is 167 Å². The van der Waals surface area contributed by atoms with Crippen molar-refractivity contribution in [2.75, 3.05) is 6.54 Å². The highest BCUT2D eigenvalue weighted by Gasteiger charge is 2.27. The Morgan fingerprint density at radius 3 is 2.70 bits per heavy atom. The quantitative estimate of drug-likeness (QED) is 0.711. The molecular weight excluding hydrogens is 392 g/mol. The predicted molar refractivity (Wildman–Crippen MR) is 104 cm³/mol. The highest BCUT2D eigenvalue weighted by atomic mass is 35.5. The summed E-state index contributed by atoms with van der Waals surface area (Å²) in [5.74, 6) is 0.145. The van der Waals surface area contributed by atoms with Gasteiger partial charge >= 0.3 is 6.09 Å². The molecule has 1 amide bonds. The van der Waals surface area contributed by atoms with E-state index in [1.54, 1.807) is 39.0 Å². The molecule has 0 radical (unpaired) electrons. The van der Waals surface area contributed by atoms with Crippen molar-refractivity contribution in [2.24, 2.45) is 0 Å². The van der Waals surface area contributed by atoms with Gasteiger partial charge in [-0.05, 0) is 56.7 Å². The fourth-order valence-corrected chi connectivity index (χ4v) is 3.33. The molecule has 0 aromatic heterocycles. The molecule has 0 bridgehead atoms. The van der Waals surface area contributed by atoms with Crippen molar-refractivity contribution in [3.63, 3.8) is 0 Å². The number of halogens is 3. The predicted octanol–water partition coefficient (Wildman–Crippen LogP) is 5.63. The van der Waals surface area contributed by atoms with Gasteiger partial charge < -0.3 is 14.8 Å². The number of rotatable bonds is 3. The Hall–Kier alpha value is -1.98. The highest BCUT2D eigenvalue weighted by Crippen LogP contribution is 2.40. The first-order chi connectivity index (χ1) is 12.6. The minimum atomic E-state index is -0.565. The number of ether oxygens (including phenoxy) is 2. The van der Waals surface area contributed by atoms with E-state index in [-0.39, 0.29) is 12.6 Å². The topological polar surface area (TPSA) is 47.6 Å². The third kappa shape index (κ3) is 4.85. The van der Waals surface area contributed by atoms with Gasteiger partial charge in [0.05, 0.1) is 11.6 Å². The Balaban J connectivity index is 1.72. The van der Waals surface area contributed by atoms with Crippen LogP contribution in [0.1, 0.15) is 26.3 Å². The smallest absolute Gasteiger partial charge is 0.407 e. The third-order valence-electron chi connectivity index (χ3n) is 3.97. The number of alkyl carbamates (subject to hydrolysis) is 1. The molecule has 0 spiro atoms. The molecule has 0 saturated heterocycles. The summed E-state index contributed by atoms with van der Waals surface area (Å²) in [6.07, 6.45) is -0.221. The van der Waals surface area contributed by atoms with Gasteiger partial charge in [-0.3, -0.25) is 0 Å². The first kappa shape index (κ1) is 19.8. The summed E-state index contributed by atoms with van der Waals surface area (Å²) in [5.41, 5.74) is 1.37. The average molecular weight is 412 g/mol. The molecule has 27 heavy (non-hydrogen) atoms. The summed E-state index contributed by atoms with van der Waals surface area (Å²) in [5, 5.41) is 3.43. The normalized spacial score (nSPS) is 15.9. The number of hydrogen-bond donors (Lipinski definition) is 1. The maximum atomic E-state index is 14.2. The molecule has 4 nitrogen and oxygen atoms in total. The zero-order chi connectivity index (χ0) is 19.8. The molecule has 1 heterocycles. The number of carbonyl (C=O) groups excluding carboxylic acids is 1. The third-order valence-corrected chi connectivity index (χ3v) is 4.48. The molecule has 3 rings (SSSR count). The summed E-state index contributed by atoms with van der Waals surface area (Å²) in [4.78, 5) is 11.8. The van der Waals surface area contributed by atoms with Gasteiger partial charge in [0, 0.05) is 22.6 Å². The lowest BCUT2D eigenvalue weighted by Gasteiger charge is -2.20. The van der Waals surface area contributed by atoms with Gasteiger partial charge in [-0.1, -0.05) is 23.2 Å². The zero-order valence-corrected chi connectivity index (χ0v) is 16.7. The summed E-state index contributed by atoms with van der Waals surface area (Å²) < 4.78 is 25.3. The van der Waals surface area contributed by atoms with E-state index in [2.05, 4.69) is 5.32 Å². The summed E-state index contributed by atoms with van der Waals surface area (Å²) >= 11 is 12.2. The second kappa shape index (κ2) is 7.56. The molecule has 144 valence electrons. The van der Waals surface area contributed by atoms with Crippen LogP contribution in [-0.2, 0) is 11.2 Å². The number of fused-ring (bicyclic) bond motifs is 1. The zero-order valence-electron chi connectivity index (χ0n) is 15.2. The average Bonchev–Trinajstić information content (AvgIpc) is 2.95. The van der Waals surface area contributed by atoms with Crippen molar-refractivity contribution in [2.45, 2.75) is 38.9 Å². The van der Waals surface area contributed by atoms with Crippen LogP contribution >= 0.6 is 23.2 Å². The van der Waals surface area contributed by atoms with Gasteiger partial charge in [-0.2, -0.15) is 0 Å². The van der Waals surface area contributed by atoms with Crippen molar-refractivity contribution in [1.29, 1.82) is 0 Å². The summed E-state index contributed by atoms with van der Waals surface area (Å²) in [6.45, 7) is 5.67. The minimum Gasteiger partial charge on any atom is -0.486 e. The van der Waals surface area contributed by atoms with Crippen LogP contribution in [0.15, 0.2) is 30.3 Å². The van der Waals surface area contributed by atoms with Gasteiger partial charge in [0.2, 0.25) is 0 Å². The molecule has 7 heteroatoms. The van der Waals surface area contributed by atoms with Gasteiger partial charge in [0.15, 0.2) is 0 Å². The lowest BCUT2D eigenvalue weighted by atomic mass is 10.0. The molecule has 0 aliphatic carbocycles. The molecule has 1 N–H and O–H groups in total. The van der Waals surface area contributed by atoms with Crippen molar-refractivity contribution < 1.29 is 18.7 Å².